The highest BCUT2D eigenvalue weighted by molar-refractivity contribution is 6.07. The van der Waals surface area contributed by atoms with Gasteiger partial charge in [0, 0.05) is 29.0 Å². The van der Waals surface area contributed by atoms with Gasteiger partial charge in [0.1, 0.15) is 0 Å². The molecule has 0 aliphatic carbocycles. The number of unbranched alkanes of at least 4 members (excludes halogenated alkanes) is 1. The van der Waals surface area contributed by atoms with Crippen LogP contribution >= 0.6 is 0 Å². The van der Waals surface area contributed by atoms with Crippen LogP contribution in [0.2, 0.25) is 0 Å². The van der Waals surface area contributed by atoms with Crippen LogP contribution in [0.4, 0.5) is 0 Å². The zero-order valence-electron chi connectivity index (χ0n) is 12.9. The van der Waals surface area contributed by atoms with Crippen molar-refractivity contribution in [2.45, 2.75) is 26.3 Å². The standard InChI is InChI=1S/C18H23N3/c1-3-20(2)12-6-7-13-21-17-9-5-4-8-15(17)16-10-11-19-14-18(16)21/h4-5,8-11,14H,3,6-7,12-13H2,1-2H3. The van der Waals surface area contributed by atoms with E-state index in [2.05, 4.69) is 58.8 Å². The van der Waals surface area contributed by atoms with Crippen molar-refractivity contribution < 1.29 is 0 Å². The van der Waals surface area contributed by atoms with Crippen molar-refractivity contribution in [3.63, 3.8) is 0 Å². The Morgan fingerprint density at radius 3 is 2.71 bits per heavy atom. The summed E-state index contributed by atoms with van der Waals surface area (Å²) in [6, 6.07) is 10.8. The number of benzene rings is 1. The minimum atomic E-state index is 1.06. The molecular formula is C18H23N3. The molecule has 0 unspecified atom stereocenters. The first-order valence-corrected chi connectivity index (χ1v) is 7.80. The normalized spacial score (nSPS) is 11.8. The highest BCUT2D eigenvalue weighted by Gasteiger charge is 2.09. The first kappa shape index (κ1) is 14.1. The van der Waals surface area contributed by atoms with Crippen molar-refractivity contribution >= 4 is 21.8 Å². The van der Waals surface area contributed by atoms with Gasteiger partial charge in [-0.25, -0.2) is 0 Å². The van der Waals surface area contributed by atoms with E-state index < -0.39 is 0 Å². The molecule has 0 amide bonds. The third-order valence-corrected chi connectivity index (χ3v) is 4.29. The number of hydrogen-bond acceptors (Lipinski definition) is 2. The van der Waals surface area contributed by atoms with Crippen molar-refractivity contribution in [2.75, 3.05) is 20.1 Å². The molecular weight excluding hydrogens is 258 g/mol. The predicted molar refractivity (Wildman–Crippen MR) is 89.6 cm³/mol. The van der Waals surface area contributed by atoms with E-state index in [4.69, 9.17) is 0 Å². The largest absolute Gasteiger partial charge is 0.339 e. The highest BCUT2D eigenvalue weighted by Crippen LogP contribution is 2.28. The first-order valence-electron chi connectivity index (χ1n) is 7.80. The fourth-order valence-electron chi connectivity index (χ4n) is 2.95. The van der Waals surface area contributed by atoms with Crippen molar-refractivity contribution in [3.8, 4) is 0 Å². The number of aromatic nitrogens is 2. The topological polar surface area (TPSA) is 21.1 Å². The summed E-state index contributed by atoms with van der Waals surface area (Å²) in [6.07, 6.45) is 6.31. The molecule has 0 radical (unpaired) electrons. The summed E-state index contributed by atoms with van der Waals surface area (Å²) in [7, 11) is 2.18. The second-order valence-corrected chi connectivity index (χ2v) is 5.66. The fraction of sp³-hybridized carbons (Fsp3) is 0.389. The number of aryl methyl sites for hydroxylation is 1. The van der Waals surface area contributed by atoms with Gasteiger partial charge in [-0.1, -0.05) is 25.1 Å². The van der Waals surface area contributed by atoms with Gasteiger partial charge in [0.25, 0.3) is 0 Å². The Hall–Kier alpha value is -1.87. The van der Waals surface area contributed by atoms with Crippen LogP contribution in [0, 0.1) is 0 Å². The van der Waals surface area contributed by atoms with E-state index in [0.29, 0.717) is 0 Å². The molecule has 0 saturated heterocycles. The zero-order chi connectivity index (χ0) is 14.7. The lowest BCUT2D eigenvalue weighted by atomic mass is 10.2. The Morgan fingerprint density at radius 2 is 1.86 bits per heavy atom. The second kappa shape index (κ2) is 6.27. The maximum absolute atomic E-state index is 4.31. The van der Waals surface area contributed by atoms with Gasteiger partial charge >= 0.3 is 0 Å². The molecule has 3 heteroatoms. The van der Waals surface area contributed by atoms with Crippen molar-refractivity contribution in [3.05, 3.63) is 42.7 Å². The van der Waals surface area contributed by atoms with Crippen LogP contribution in [0.25, 0.3) is 21.8 Å². The highest BCUT2D eigenvalue weighted by atomic mass is 15.1. The van der Waals surface area contributed by atoms with Crippen LogP contribution in [-0.4, -0.2) is 34.6 Å². The number of fused-ring (bicyclic) bond motifs is 3. The van der Waals surface area contributed by atoms with Crippen LogP contribution in [-0.2, 0) is 6.54 Å². The molecule has 2 aromatic heterocycles. The Balaban J connectivity index is 1.86. The first-order chi connectivity index (χ1) is 10.3. The number of para-hydroxylation sites is 1. The molecule has 0 aliphatic rings. The van der Waals surface area contributed by atoms with Gasteiger partial charge in [-0.05, 0) is 45.1 Å². The molecule has 0 bridgehead atoms. The smallest absolute Gasteiger partial charge is 0.0677 e. The fourth-order valence-corrected chi connectivity index (χ4v) is 2.95. The van der Waals surface area contributed by atoms with Crippen LogP contribution < -0.4 is 0 Å². The minimum absolute atomic E-state index is 1.06. The minimum Gasteiger partial charge on any atom is -0.339 e. The van der Waals surface area contributed by atoms with Gasteiger partial charge in [-0.15, -0.1) is 0 Å². The van der Waals surface area contributed by atoms with Crippen LogP contribution in [0.3, 0.4) is 0 Å². The van der Waals surface area contributed by atoms with E-state index in [1.54, 1.807) is 0 Å². The van der Waals surface area contributed by atoms with E-state index in [0.717, 1.165) is 13.1 Å². The predicted octanol–water partition coefficient (Wildman–Crippen LogP) is 3.92. The molecule has 0 fully saturated rings. The molecule has 0 N–H and O–H groups in total. The Kier molecular flexibility index (Phi) is 4.20. The third kappa shape index (κ3) is 2.79. The summed E-state index contributed by atoms with van der Waals surface area (Å²) in [5.41, 5.74) is 2.58. The molecule has 0 atom stereocenters. The molecule has 110 valence electrons. The monoisotopic (exact) mass is 281 g/mol. The molecule has 21 heavy (non-hydrogen) atoms. The SMILES string of the molecule is CCN(C)CCCCn1c2ccccc2c2ccncc21. The van der Waals surface area contributed by atoms with Gasteiger partial charge in [-0.2, -0.15) is 0 Å². The Bertz CT molecular complexity index is 676. The average Bonchev–Trinajstić information content (AvgIpc) is 2.86. The van der Waals surface area contributed by atoms with Crippen molar-refractivity contribution in [1.82, 2.24) is 14.5 Å². The van der Waals surface area contributed by atoms with Gasteiger partial charge in [-0.3, -0.25) is 4.98 Å². The number of nitrogens with zero attached hydrogens (tertiary/aromatic N) is 3. The molecule has 2 heterocycles. The summed E-state index contributed by atoms with van der Waals surface area (Å²) in [6.45, 7) is 5.57. The average molecular weight is 281 g/mol. The van der Waals surface area contributed by atoms with E-state index in [1.165, 1.54) is 41.2 Å². The van der Waals surface area contributed by atoms with Gasteiger partial charge in [0.2, 0.25) is 0 Å². The van der Waals surface area contributed by atoms with Crippen LogP contribution in [0.1, 0.15) is 19.8 Å². The molecule has 3 aromatic rings. The summed E-state index contributed by atoms with van der Waals surface area (Å²) in [5.74, 6) is 0. The van der Waals surface area contributed by atoms with Gasteiger partial charge in [0.15, 0.2) is 0 Å². The summed E-state index contributed by atoms with van der Waals surface area (Å²) in [4.78, 5) is 6.68. The zero-order valence-corrected chi connectivity index (χ0v) is 12.9. The Morgan fingerprint density at radius 1 is 1.05 bits per heavy atom. The van der Waals surface area contributed by atoms with E-state index >= 15 is 0 Å². The lowest BCUT2D eigenvalue weighted by Crippen LogP contribution is -2.19. The summed E-state index contributed by atoms with van der Waals surface area (Å²) < 4.78 is 2.42. The van der Waals surface area contributed by atoms with E-state index in [9.17, 15) is 0 Å². The molecule has 1 aromatic carbocycles. The molecule has 0 spiro atoms. The van der Waals surface area contributed by atoms with E-state index in [-0.39, 0.29) is 0 Å². The van der Waals surface area contributed by atoms with Crippen LogP contribution in [0.15, 0.2) is 42.7 Å². The lowest BCUT2D eigenvalue weighted by Gasteiger charge is -2.13. The number of hydrogen-bond donors (Lipinski definition) is 0. The Labute approximate surface area is 126 Å². The maximum Gasteiger partial charge on any atom is 0.0677 e. The number of rotatable bonds is 6. The second-order valence-electron chi connectivity index (χ2n) is 5.66. The molecule has 3 rings (SSSR count). The molecule has 0 aliphatic heterocycles. The van der Waals surface area contributed by atoms with Crippen molar-refractivity contribution in [2.24, 2.45) is 0 Å². The molecule has 3 nitrogen and oxygen atoms in total. The summed E-state index contributed by atoms with van der Waals surface area (Å²) >= 11 is 0. The lowest BCUT2D eigenvalue weighted by molar-refractivity contribution is 0.340. The van der Waals surface area contributed by atoms with Gasteiger partial charge in [0.05, 0.1) is 11.7 Å². The van der Waals surface area contributed by atoms with Gasteiger partial charge < -0.3 is 9.47 Å². The quantitative estimate of drug-likeness (QED) is 0.638. The molecule has 0 saturated carbocycles. The van der Waals surface area contributed by atoms with E-state index in [1.807, 2.05) is 12.4 Å². The summed E-state index contributed by atoms with van der Waals surface area (Å²) in [5, 5.41) is 2.65. The third-order valence-electron chi connectivity index (χ3n) is 4.29. The maximum atomic E-state index is 4.31. The van der Waals surface area contributed by atoms with Crippen LogP contribution in [0.5, 0.6) is 0 Å². The van der Waals surface area contributed by atoms with Crippen molar-refractivity contribution in [1.29, 1.82) is 0 Å². The number of pyridine rings is 1.